The fourth-order valence-corrected chi connectivity index (χ4v) is 6.33. The standard InChI is InChI=1S/C24H29.C20H21.C2H6Si.2ClH.Zr/c1-6-8-17(2)20-15-19-9-7-10-22(23(19)16-20)18-11-13-21(14-12-18)24(3,4)5;1-14-12-16-6-5-7-18(19(16)13-14)15-8-10-17(11-9-15)20(2,3)4;1-3-2;;;/h7,9-17H,6,8H2,1-5H3;5-13H,1-4H3;1-2H3;2*1H;/q2*-1;;;;+4/p-2. The Morgan fingerprint density at radius 3 is 1.46 bits per heavy atom. The zero-order valence-corrected chi connectivity index (χ0v) is 37.1. The number of hydrogen-bond acceptors (Lipinski definition) is 0. The van der Waals surface area contributed by atoms with E-state index in [2.05, 4.69) is 185 Å². The molecule has 50 heavy (non-hydrogen) atoms. The normalized spacial score (nSPS) is 11.8. The van der Waals surface area contributed by atoms with Gasteiger partial charge in [-0.2, -0.15) is 12.1 Å². The Kier molecular flexibility index (Phi) is 16.5. The van der Waals surface area contributed by atoms with Crippen LogP contribution in [0.25, 0.3) is 43.8 Å². The van der Waals surface area contributed by atoms with Crippen LogP contribution in [0.1, 0.15) is 96.4 Å². The van der Waals surface area contributed by atoms with E-state index in [9.17, 15) is 0 Å². The van der Waals surface area contributed by atoms with Crippen molar-refractivity contribution in [3.63, 3.8) is 0 Å². The molecule has 4 heteroatoms. The molecule has 0 bridgehead atoms. The summed E-state index contributed by atoms with van der Waals surface area (Å²) in [5, 5.41) is 5.44. The van der Waals surface area contributed by atoms with Crippen LogP contribution in [0.15, 0.2) is 109 Å². The molecule has 0 N–H and O–H groups in total. The van der Waals surface area contributed by atoms with Crippen LogP contribution in [0.4, 0.5) is 0 Å². The van der Waals surface area contributed by atoms with Gasteiger partial charge in [-0.15, -0.1) is 69.1 Å². The monoisotopic (exact) mass is 796 g/mol. The Hall–Kier alpha value is -2.22. The van der Waals surface area contributed by atoms with Gasteiger partial charge in [0.1, 0.15) is 0 Å². The third-order valence-electron chi connectivity index (χ3n) is 9.08. The van der Waals surface area contributed by atoms with Gasteiger partial charge in [0.15, 0.2) is 0 Å². The maximum absolute atomic E-state index is 4.93. The summed E-state index contributed by atoms with van der Waals surface area (Å²) in [5.41, 5.74) is 11.3. The van der Waals surface area contributed by atoms with Gasteiger partial charge < -0.3 is 0 Å². The first-order valence-corrected chi connectivity index (χ1v) is 26.1. The van der Waals surface area contributed by atoms with Gasteiger partial charge in [-0.25, -0.2) is 0 Å². The fraction of sp³-hybridized carbons (Fsp3) is 0.348. The van der Waals surface area contributed by atoms with Gasteiger partial charge in [-0.3, -0.25) is 0 Å². The van der Waals surface area contributed by atoms with Crippen molar-refractivity contribution < 1.29 is 20.8 Å². The van der Waals surface area contributed by atoms with Gasteiger partial charge in [-0.1, -0.05) is 154 Å². The van der Waals surface area contributed by atoms with Crippen molar-refractivity contribution in [3.05, 3.63) is 131 Å². The van der Waals surface area contributed by atoms with Crippen LogP contribution in [-0.2, 0) is 31.7 Å². The number of halogens is 2. The Labute approximate surface area is 325 Å². The van der Waals surface area contributed by atoms with Gasteiger partial charge in [0.25, 0.3) is 0 Å². The van der Waals surface area contributed by atoms with Crippen LogP contribution >= 0.6 is 17.0 Å². The topological polar surface area (TPSA) is 0 Å². The van der Waals surface area contributed by atoms with E-state index < -0.39 is 20.8 Å². The van der Waals surface area contributed by atoms with E-state index in [1.807, 2.05) is 0 Å². The molecule has 2 radical (unpaired) electrons. The minimum absolute atomic E-state index is 0.202. The van der Waals surface area contributed by atoms with Crippen molar-refractivity contribution in [2.75, 3.05) is 0 Å². The van der Waals surface area contributed by atoms with Gasteiger partial charge in [-0.05, 0) is 45.4 Å². The summed E-state index contributed by atoms with van der Waals surface area (Å²) in [6.45, 7) is 24.6. The molecule has 0 spiro atoms. The van der Waals surface area contributed by atoms with Crippen LogP contribution in [-0.4, -0.2) is 9.52 Å². The van der Waals surface area contributed by atoms with E-state index in [0.717, 1.165) is 9.52 Å². The molecule has 0 aromatic heterocycles. The fourth-order valence-electron chi connectivity index (χ4n) is 6.33. The molecule has 0 aliphatic carbocycles. The number of rotatable bonds is 5. The molecule has 0 fully saturated rings. The summed E-state index contributed by atoms with van der Waals surface area (Å²) in [6.07, 6.45) is 2.50. The molecule has 6 rings (SSSR count). The molecule has 6 aromatic carbocycles. The third-order valence-corrected chi connectivity index (χ3v) is 9.08. The Bertz CT molecular complexity index is 1880. The molecule has 0 nitrogen and oxygen atoms in total. The summed E-state index contributed by atoms with van der Waals surface area (Å²) in [7, 11) is 11.0. The molecule has 0 heterocycles. The molecule has 1 unspecified atom stereocenters. The summed E-state index contributed by atoms with van der Waals surface area (Å²) >= 11 is -0.826. The second-order valence-corrected chi connectivity index (χ2v) is 20.1. The van der Waals surface area contributed by atoms with E-state index in [0.29, 0.717) is 5.92 Å². The maximum atomic E-state index is 4.93. The number of benzene rings is 4. The molecular formula is C46H56Cl2SiZr. The van der Waals surface area contributed by atoms with E-state index in [4.69, 9.17) is 17.0 Å². The van der Waals surface area contributed by atoms with Crippen LogP contribution in [0.5, 0.6) is 0 Å². The SMILES string of the molecule is CCCC(C)c1cc2c(-c3ccc(C(C)(C)C)cc3)cccc2[cH-]1.C[Si]C.Cc1cc2c(-c3ccc(C(C)(C)C)cc3)cccc2[cH-]1.[Cl][Zr+2][Cl]. The van der Waals surface area contributed by atoms with Crippen LogP contribution < -0.4 is 0 Å². The van der Waals surface area contributed by atoms with Gasteiger partial charge in [0.2, 0.25) is 0 Å². The molecule has 0 saturated heterocycles. The Morgan fingerprint density at radius 2 is 1.06 bits per heavy atom. The van der Waals surface area contributed by atoms with E-state index in [1.165, 1.54) is 78.9 Å². The van der Waals surface area contributed by atoms with Crippen molar-refractivity contribution in [1.29, 1.82) is 0 Å². The zero-order chi connectivity index (χ0) is 37.1. The second kappa shape index (κ2) is 19.6. The molecule has 6 aromatic rings. The van der Waals surface area contributed by atoms with Gasteiger partial charge >= 0.3 is 37.9 Å². The Balaban J connectivity index is 0.000000236. The van der Waals surface area contributed by atoms with Crippen molar-refractivity contribution in [1.82, 2.24) is 0 Å². The quantitative estimate of drug-likeness (QED) is 0.120. The van der Waals surface area contributed by atoms with Crippen molar-refractivity contribution >= 4 is 48.1 Å². The van der Waals surface area contributed by atoms with E-state index in [1.54, 1.807) is 0 Å². The van der Waals surface area contributed by atoms with Gasteiger partial charge in [0.05, 0.1) is 0 Å². The van der Waals surface area contributed by atoms with E-state index in [-0.39, 0.29) is 10.8 Å². The first-order chi connectivity index (χ1) is 23.7. The van der Waals surface area contributed by atoms with Gasteiger partial charge in [0, 0.05) is 9.52 Å². The molecular weight excluding hydrogens is 743 g/mol. The number of hydrogen-bond donors (Lipinski definition) is 0. The van der Waals surface area contributed by atoms with Crippen LogP contribution in [0, 0.1) is 6.92 Å². The zero-order valence-electron chi connectivity index (χ0n) is 32.1. The molecule has 0 aliphatic rings. The predicted octanol–water partition coefficient (Wildman–Crippen LogP) is 15.4. The summed E-state index contributed by atoms with van der Waals surface area (Å²) in [6, 6.07) is 40.7. The molecule has 0 aliphatic heterocycles. The van der Waals surface area contributed by atoms with E-state index >= 15 is 0 Å². The first kappa shape index (κ1) is 42.2. The van der Waals surface area contributed by atoms with Crippen LogP contribution in [0.3, 0.4) is 0 Å². The summed E-state index contributed by atoms with van der Waals surface area (Å²) < 4.78 is 0. The average Bonchev–Trinajstić information content (AvgIpc) is 3.68. The second-order valence-electron chi connectivity index (χ2n) is 15.4. The first-order valence-electron chi connectivity index (χ1n) is 17.8. The molecule has 0 amide bonds. The molecule has 262 valence electrons. The summed E-state index contributed by atoms with van der Waals surface area (Å²) in [5.74, 6) is 0.638. The van der Waals surface area contributed by atoms with Crippen molar-refractivity contribution in [2.24, 2.45) is 0 Å². The summed E-state index contributed by atoms with van der Waals surface area (Å²) in [4.78, 5) is 0. The predicted molar refractivity (Wildman–Crippen MR) is 225 cm³/mol. The number of aryl methyl sites for hydroxylation is 1. The molecule has 1 atom stereocenters. The molecule has 0 saturated carbocycles. The minimum atomic E-state index is -0.826. The van der Waals surface area contributed by atoms with Crippen molar-refractivity contribution in [2.45, 2.75) is 105 Å². The third kappa shape index (κ3) is 11.6. The number of fused-ring (bicyclic) bond motifs is 2. The average molecular weight is 799 g/mol. The Morgan fingerprint density at radius 1 is 0.660 bits per heavy atom. The van der Waals surface area contributed by atoms with Crippen LogP contribution in [0.2, 0.25) is 13.1 Å². The van der Waals surface area contributed by atoms with Crippen molar-refractivity contribution in [3.8, 4) is 22.3 Å².